The van der Waals surface area contributed by atoms with Gasteiger partial charge in [0.05, 0.1) is 36.6 Å². The van der Waals surface area contributed by atoms with Crippen molar-refractivity contribution in [1.82, 2.24) is 5.43 Å². The number of nitrogens with zero attached hydrogens (tertiary/aromatic N) is 1. The lowest BCUT2D eigenvalue weighted by atomic mass is 10.2. The van der Waals surface area contributed by atoms with Gasteiger partial charge in [-0.05, 0) is 30.3 Å². The Kier molecular flexibility index (Phi) is 5.84. The Morgan fingerprint density at radius 2 is 1.78 bits per heavy atom. The van der Waals surface area contributed by atoms with Crippen molar-refractivity contribution in [2.75, 3.05) is 14.2 Å². The second-order valence-corrected chi connectivity index (χ2v) is 5.24. The molecule has 0 aliphatic rings. The van der Waals surface area contributed by atoms with Crippen molar-refractivity contribution in [3.05, 3.63) is 57.6 Å². The molecular weight excluding hydrogens is 339 g/mol. The van der Waals surface area contributed by atoms with Gasteiger partial charge in [0.15, 0.2) is 0 Å². The fourth-order valence-electron chi connectivity index (χ4n) is 1.90. The van der Waals surface area contributed by atoms with Crippen molar-refractivity contribution >= 4 is 35.3 Å². The predicted molar refractivity (Wildman–Crippen MR) is 91.1 cm³/mol. The number of carbonyl (C=O) groups excluding carboxylic acids is 1. The molecule has 2 rings (SSSR count). The summed E-state index contributed by atoms with van der Waals surface area (Å²) in [7, 11) is 3.08. The third-order valence-corrected chi connectivity index (χ3v) is 3.55. The summed E-state index contributed by atoms with van der Waals surface area (Å²) in [4.78, 5) is 12.1. The van der Waals surface area contributed by atoms with E-state index in [1.165, 1.54) is 32.6 Å². The van der Waals surface area contributed by atoms with E-state index in [1.807, 2.05) is 0 Å². The van der Waals surface area contributed by atoms with Gasteiger partial charge in [0.1, 0.15) is 11.5 Å². The smallest absolute Gasteiger partial charge is 0.272 e. The second kappa shape index (κ2) is 7.85. The van der Waals surface area contributed by atoms with Crippen LogP contribution in [0, 0.1) is 0 Å². The van der Waals surface area contributed by atoms with Crippen LogP contribution >= 0.6 is 23.2 Å². The minimum Gasteiger partial charge on any atom is -0.496 e. The highest BCUT2D eigenvalue weighted by molar-refractivity contribution is 6.36. The molecule has 2 aromatic carbocycles. The minimum absolute atomic E-state index is 0.250. The molecule has 0 aliphatic carbocycles. The zero-order valence-corrected chi connectivity index (χ0v) is 14.0. The molecule has 23 heavy (non-hydrogen) atoms. The standard InChI is InChI=1S/C16H14Cl2N2O3/c1-22-14-4-3-5-15(23-2)12(14)9-19-20-16(21)11-7-6-10(17)8-13(11)18/h3-9H,1-2H3,(H,20,21)/b19-9-. The number of ether oxygens (including phenoxy) is 2. The first kappa shape index (κ1) is 17.1. The molecule has 0 saturated heterocycles. The van der Waals surface area contributed by atoms with Crippen LogP contribution in [0.25, 0.3) is 0 Å². The number of rotatable bonds is 5. The molecule has 1 N–H and O–H groups in total. The molecule has 120 valence electrons. The maximum absolute atomic E-state index is 12.1. The number of nitrogens with one attached hydrogen (secondary N) is 1. The molecule has 0 heterocycles. The van der Waals surface area contributed by atoms with Crippen LogP contribution in [0.5, 0.6) is 11.5 Å². The Hall–Kier alpha value is -2.24. The highest BCUT2D eigenvalue weighted by Crippen LogP contribution is 2.26. The topological polar surface area (TPSA) is 59.9 Å². The van der Waals surface area contributed by atoms with E-state index in [9.17, 15) is 4.79 Å². The summed E-state index contributed by atoms with van der Waals surface area (Å²) in [5.74, 6) is 0.704. The minimum atomic E-state index is -0.447. The first-order chi connectivity index (χ1) is 11.1. The van der Waals surface area contributed by atoms with Crippen LogP contribution in [0.1, 0.15) is 15.9 Å². The quantitative estimate of drug-likeness (QED) is 0.658. The SMILES string of the molecule is COc1cccc(OC)c1/C=N\NC(=O)c1ccc(Cl)cc1Cl. The molecule has 0 fully saturated rings. The van der Waals surface area contributed by atoms with E-state index >= 15 is 0 Å². The molecule has 0 bridgehead atoms. The fourth-order valence-corrected chi connectivity index (χ4v) is 2.39. The van der Waals surface area contributed by atoms with E-state index in [0.29, 0.717) is 22.1 Å². The monoisotopic (exact) mass is 352 g/mol. The van der Waals surface area contributed by atoms with Crippen molar-refractivity contribution < 1.29 is 14.3 Å². The zero-order valence-electron chi connectivity index (χ0n) is 12.5. The average Bonchev–Trinajstić information content (AvgIpc) is 2.54. The summed E-state index contributed by atoms with van der Waals surface area (Å²) < 4.78 is 10.5. The maximum Gasteiger partial charge on any atom is 0.272 e. The van der Waals surface area contributed by atoms with Gasteiger partial charge in [0.25, 0.3) is 5.91 Å². The van der Waals surface area contributed by atoms with Gasteiger partial charge in [-0.1, -0.05) is 29.3 Å². The van der Waals surface area contributed by atoms with Crippen molar-refractivity contribution in [3.8, 4) is 11.5 Å². The predicted octanol–water partition coefficient (Wildman–Crippen LogP) is 3.77. The van der Waals surface area contributed by atoms with Gasteiger partial charge in [0, 0.05) is 5.02 Å². The molecule has 0 saturated carbocycles. The van der Waals surface area contributed by atoms with E-state index in [1.54, 1.807) is 24.3 Å². The summed E-state index contributed by atoms with van der Waals surface area (Å²) in [6.45, 7) is 0. The van der Waals surface area contributed by atoms with Gasteiger partial charge >= 0.3 is 0 Å². The van der Waals surface area contributed by atoms with Gasteiger partial charge in [0.2, 0.25) is 0 Å². The average molecular weight is 353 g/mol. The first-order valence-corrected chi connectivity index (χ1v) is 7.32. The number of benzene rings is 2. The molecule has 0 aromatic heterocycles. The molecule has 7 heteroatoms. The number of methoxy groups -OCH3 is 2. The van der Waals surface area contributed by atoms with Gasteiger partial charge in [-0.2, -0.15) is 5.10 Å². The van der Waals surface area contributed by atoms with Crippen molar-refractivity contribution in [1.29, 1.82) is 0 Å². The zero-order chi connectivity index (χ0) is 16.8. The van der Waals surface area contributed by atoms with Crippen LogP contribution < -0.4 is 14.9 Å². The highest BCUT2D eigenvalue weighted by atomic mass is 35.5. The molecule has 2 aromatic rings. The van der Waals surface area contributed by atoms with Crippen LogP contribution in [0.2, 0.25) is 10.0 Å². The molecule has 0 spiro atoms. The van der Waals surface area contributed by atoms with E-state index in [2.05, 4.69) is 10.5 Å². The summed E-state index contributed by atoms with van der Waals surface area (Å²) in [5, 5.41) is 4.63. The van der Waals surface area contributed by atoms with Crippen LogP contribution in [0.15, 0.2) is 41.5 Å². The van der Waals surface area contributed by atoms with Crippen molar-refractivity contribution in [2.24, 2.45) is 5.10 Å². The summed E-state index contributed by atoms with van der Waals surface area (Å²) in [5.41, 5.74) is 3.29. The largest absolute Gasteiger partial charge is 0.496 e. The number of hydrogen-bond acceptors (Lipinski definition) is 4. The third kappa shape index (κ3) is 4.15. The second-order valence-electron chi connectivity index (χ2n) is 4.40. The third-order valence-electron chi connectivity index (χ3n) is 3.00. The summed E-state index contributed by atoms with van der Waals surface area (Å²) >= 11 is 11.8. The van der Waals surface area contributed by atoms with E-state index in [0.717, 1.165) is 0 Å². The first-order valence-electron chi connectivity index (χ1n) is 6.56. The molecule has 0 radical (unpaired) electrons. The van der Waals surface area contributed by atoms with E-state index in [4.69, 9.17) is 32.7 Å². The molecule has 0 atom stereocenters. The number of hydrogen-bond donors (Lipinski definition) is 1. The Bertz CT molecular complexity index is 726. The Morgan fingerprint density at radius 3 is 2.35 bits per heavy atom. The number of carbonyl (C=O) groups is 1. The lowest BCUT2D eigenvalue weighted by molar-refractivity contribution is 0.0955. The van der Waals surface area contributed by atoms with Crippen LogP contribution in [0.3, 0.4) is 0 Å². The summed E-state index contributed by atoms with van der Waals surface area (Å²) in [6.07, 6.45) is 1.44. The number of amides is 1. The number of hydrazone groups is 1. The normalized spacial score (nSPS) is 10.6. The lowest BCUT2D eigenvalue weighted by Crippen LogP contribution is -2.18. The Balaban J connectivity index is 2.17. The fraction of sp³-hybridized carbons (Fsp3) is 0.125. The van der Waals surface area contributed by atoms with Gasteiger partial charge in [-0.15, -0.1) is 0 Å². The van der Waals surface area contributed by atoms with Gasteiger partial charge in [-0.3, -0.25) is 4.79 Å². The van der Waals surface area contributed by atoms with Crippen molar-refractivity contribution in [3.63, 3.8) is 0 Å². The Morgan fingerprint density at radius 1 is 1.13 bits per heavy atom. The van der Waals surface area contributed by atoms with E-state index < -0.39 is 5.91 Å². The van der Waals surface area contributed by atoms with Crippen LogP contribution in [0.4, 0.5) is 0 Å². The maximum atomic E-state index is 12.1. The Labute approximate surface area is 143 Å². The van der Waals surface area contributed by atoms with Crippen LogP contribution in [-0.2, 0) is 0 Å². The number of halogens is 2. The van der Waals surface area contributed by atoms with Gasteiger partial charge in [-0.25, -0.2) is 5.43 Å². The summed E-state index contributed by atoms with van der Waals surface area (Å²) in [6, 6.07) is 9.92. The van der Waals surface area contributed by atoms with Crippen LogP contribution in [-0.4, -0.2) is 26.3 Å². The molecule has 1 amide bonds. The molecular formula is C16H14Cl2N2O3. The molecule has 0 unspecified atom stereocenters. The van der Waals surface area contributed by atoms with Crippen molar-refractivity contribution in [2.45, 2.75) is 0 Å². The highest BCUT2D eigenvalue weighted by Gasteiger charge is 2.11. The molecule has 0 aliphatic heterocycles. The van der Waals surface area contributed by atoms with Gasteiger partial charge < -0.3 is 9.47 Å². The lowest BCUT2D eigenvalue weighted by Gasteiger charge is -2.09. The van der Waals surface area contributed by atoms with E-state index in [-0.39, 0.29) is 10.6 Å². The molecule has 5 nitrogen and oxygen atoms in total.